The van der Waals surface area contributed by atoms with Crippen LogP contribution in [0.25, 0.3) is 34.2 Å². The Morgan fingerprint density at radius 1 is 0.938 bits per heavy atom. The molecular weight excluding hydrogens is 619 g/mol. The maximum Gasteiger partial charge on any atom is 0.412 e. The highest BCUT2D eigenvalue weighted by Gasteiger charge is 2.24. The van der Waals surface area contributed by atoms with Crippen LogP contribution in [0.3, 0.4) is 0 Å². The topological polar surface area (TPSA) is 157 Å². The molecule has 0 saturated heterocycles. The average molecular weight is 655 g/mol. The van der Waals surface area contributed by atoms with Gasteiger partial charge in [0.2, 0.25) is 5.82 Å². The van der Waals surface area contributed by atoms with Gasteiger partial charge in [-0.05, 0) is 86.3 Å². The van der Waals surface area contributed by atoms with Crippen molar-refractivity contribution in [3.8, 4) is 34.2 Å². The van der Waals surface area contributed by atoms with E-state index in [2.05, 4.69) is 34.6 Å². The monoisotopic (exact) mass is 654 g/mol. The van der Waals surface area contributed by atoms with Gasteiger partial charge in [-0.2, -0.15) is 4.98 Å². The number of amides is 2. The molecule has 5 aromatic rings. The maximum atomic E-state index is 14.9. The third kappa shape index (κ3) is 8.32. The summed E-state index contributed by atoms with van der Waals surface area (Å²) in [5, 5.41) is 18.9. The van der Waals surface area contributed by atoms with Crippen molar-refractivity contribution in [2.45, 2.75) is 58.6 Å². The zero-order chi connectivity index (χ0) is 34.6. The first-order valence-corrected chi connectivity index (χ1v) is 15.2. The van der Waals surface area contributed by atoms with Crippen molar-refractivity contribution in [3.05, 3.63) is 102 Å². The lowest BCUT2D eigenvalue weighted by atomic mass is 10.0. The van der Waals surface area contributed by atoms with Gasteiger partial charge < -0.3 is 24.1 Å². The van der Waals surface area contributed by atoms with Crippen molar-refractivity contribution < 1.29 is 37.6 Å². The third-order valence-electron chi connectivity index (χ3n) is 7.21. The SMILES string of the molecule is CC(C)c1ccc(-c2ccc(C(=O)N[C@H](Cc3ccc(F)c(-c4noc(-c5ccc(NC(=O)OC(C)(C)C)cc5)n4)c3)C(=O)O)o2)cc1. The van der Waals surface area contributed by atoms with E-state index in [4.69, 9.17) is 13.7 Å². The molecule has 2 amide bonds. The van der Waals surface area contributed by atoms with Gasteiger partial charge in [0.25, 0.3) is 11.8 Å². The molecule has 248 valence electrons. The van der Waals surface area contributed by atoms with Crippen LogP contribution in [0.5, 0.6) is 0 Å². The van der Waals surface area contributed by atoms with Gasteiger partial charge in [-0.1, -0.05) is 49.3 Å². The molecule has 0 bridgehead atoms. The number of halogens is 1. The number of furan rings is 1. The first kappa shape index (κ1) is 33.6. The normalized spacial score (nSPS) is 12.1. The number of hydrogen-bond donors (Lipinski definition) is 3. The van der Waals surface area contributed by atoms with Gasteiger partial charge in [-0.3, -0.25) is 10.1 Å². The van der Waals surface area contributed by atoms with Gasteiger partial charge in [0.1, 0.15) is 23.2 Å². The van der Waals surface area contributed by atoms with Crippen molar-refractivity contribution >= 4 is 23.7 Å². The van der Waals surface area contributed by atoms with Crippen LogP contribution in [0.4, 0.5) is 14.9 Å². The molecule has 2 aromatic heterocycles. The van der Waals surface area contributed by atoms with Crippen molar-refractivity contribution in [2.24, 2.45) is 0 Å². The Bertz CT molecular complexity index is 1920. The fourth-order valence-corrected chi connectivity index (χ4v) is 4.75. The summed E-state index contributed by atoms with van der Waals surface area (Å²) < 4.78 is 31.3. The van der Waals surface area contributed by atoms with E-state index >= 15 is 0 Å². The molecule has 0 saturated carbocycles. The third-order valence-corrected chi connectivity index (χ3v) is 7.21. The Hall–Kier alpha value is -5.78. The van der Waals surface area contributed by atoms with Gasteiger partial charge in [0.05, 0.1) is 5.56 Å². The van der Waals surface area contributed by atoms with Crippen molar-refractivity contribution in [1.82, 2.24) is 15.5 Å². The zero-order valence-corrected chi connectivity index (χ0v) is 27.0. The average Bonchev–Trinajstić information content (AvgIpc) is 3.72. The second kappa shape index (κ2) is 13.9. The first-order chi connectivity index (χ1) is 22.8. The zero-order valence-electron chi connectivity index (χ0n) is 27.0. The molecule has 5 rings (SSSR count). The minimum atomic E-state index is -1.34. The van der Waals surface area contributed by atoms with E-state index in [0.717, 1.165) is 11.1 Å². The van der Waals surface area contributed by atoms with Gasteiger partial charge in [-0.15, -0.1) is 0 Å². The number of benzene rings is 3. The standard InChI is InChI=1S/C36H35FN4O7/c1-20(2)22-7-9-23(10-8-22)29-16-17-30(46-29)32(42)39-28(34(43)44)19-21-6-15-27(37)26(18-21)31-40-33(48-41-31)24-11-13-25(14-12-24)38-35(45)47-36(3,4)5/h6-18,20,28H,19H2,1-5H3,(H,38,45)(H,39,42)(H,43,44)/t28-/m1/s1. The molecular formula is C36H35FN4O7. The van der Waals surface area contributed by atoms with Gasteiger partial charge in [0, 0.05) is 23.2 Å². The number of aromatic nitrogens is 2. The molecule has 0 aliphatic carbocycles. The second-order valence-electron chi connectivity index (χ2n) is 12.5. The maximum absolute atomic E-state index is 14.9. The molecule has 0 fully saturated rings. The summed E-state index contributed by atoms with van der Waals surface area (Å²) in [6, 6.07) is 20.1. The van der Waals surface area contributed by atoms with E-state index in [9.17, 15) is 23.9 Å². The van der Waals surface area contributed by atoms with Gasteiger partial charge in [-0.25, -0.2) is 14.0 Å². The Balaban J connectivity index is 1.26. The number of carbonyl (C=O) groups excluding carboxylic acids is 2. The number of ether oxygens (including phenoxy) is 1. The highest BCUT2D eigenvalue weighted by molar-refractivity contribution is 5.95. The fourth-order valence-electron chi connectivity index (χ4n) is 4.75. The van der Waals surface area contributed by atoms with Crippen molar-refractivity contribution in [1.29, 1.82) is 0 Å². The van der Waals surface area contributed by atoms with Crippen LogP contribution in [0.15, 0.2) is 87.8 Å². The summed E-state index contributed by atoms with van der Waals surface area (Å²) in [5.74, 6) is -1.79. The number of anilines is 1. The van der Waals surface area contributed by atoms with E-state index < -0.39 is 35.4 Å². The van der Waals surface area contributed by atoms with Crippen LogP contribution < -0.4 is 10.6 Å². The summed E-state index contributed by atoms with van der Waals surface area (Å²) >= 11 is 0. The Labute approximate surface area is 276 Å². The largest absolute Gasteiger partial charge is 0.480 e. The quantitative estimate of drug-likeness (QED) is 0.137. The molecule has 2 heterocycles. The lowest BCUT2D eigenvalue weighted by Gasteiger charge is -2.19. The summed E-state index contributed by atoms with van der Waals surface area (Å²) in [4.78, 5) is 41.4. The molecule has 3 N–H and O–H groups in total. The van der Waals surface area contributed by atoms with Crippen LogP contribution in [0.2, 0.25) is 0 Å². The minimum Gasteiger partial charge on any atom is -0.480 e. The van der Waals surface area contributed by atoms with Crippen molar-refractivity contribution in [2.75, 3.05) is 5.32 Å². The lowest BCUT2D eigenvalue weighted by Crippen LogP contribution is -2.42. The fraction of sp³-hybridized carbons (Fsp3) is 0.250. The van der Waals surface area contributed by atoms with Crippen LogP contribution >= 0.6 is 0 Å². The van der Waals surface area contributed by atoms with Gasteiger partial charge in [0.15, 0.2) is 5.76 Å². The minimum absolute atomic E-state index is 0.0136. The number of rotatable bonds is 10. The Kier molecular flexibility index (Phi) is 9.74. The van der Waals surface area contributed by atoms with Crippen LogP contribution in [0.1, 0.15) is 62.2 Å². The number of aliphatic carboxylic acids is 1. The predicted octanol–water partition coefficient (Wildman–Crippen LogP) is 7.70. The van der Waals surface area contributed by atoms with E-state index in [0.29, 0.717) is 28.5 Å². The summed E-state index contributed by atoms with van der Waals surface area (Å²) in [7, 11) is 0. The van der Waals surface area contributed by atoms with E-state index in [1.165, 1.54) is 24.3 Å². The first-order valence-electron chi connectivity index (χ1n) is 15.2. The van der Waals surface area contributed by atoms with Crippen LogP contribution in [0, 0.1) is 5.82 Å². The van der Waals surface area contributed by atoms with Crippen LogP contribution in [-0.4, -0.2) is 44.9 Å². The molecule has 0 radical (unpaired) electrons. The summed E-state index contributed by atoms with van der Waals surface area (Å²) in [6.45, 7) is 9.46. The lowest BCUT2D eigenvalue weighted by molar-refractivity contribution is -0.139. The van der Waals surface area contributed by atoms with E-state index in [1.54, 1.807) is 51.1 Å². The Morgan fingerprint density at radius 2 is 1.62 bits per heavy atom. The molecule has 0 spiro atoms. The number of nitrogens with one attached hydrogen (secondary N) is 2. The highest BCUT2D eigenvalue weighted by atomic mass is 19.1. The molecule has 48 heavy (non-hydrogen) atoms. The smallest absolute Gasteiger partial charge is 0.412 e. The number of carboxylic acid groups (broad SMARTS) is 1. The molecule has 0 unspecified atom stereocenters. The number of carbonyl (C=O) groups is 3. The molecule has 1 atom stereocenters. The molecule has 0 aliphatic heterocycles. The van der Waals surface area contributed by atoms with Gasteiger partial charge >= 0.3 is 12.1 Å². The highest BCUT2D eigenvalue weighted by Crippen LogP contribution is 2.28. The van der Waals surface area contributed by atoms with Crippen molar-refractivity contribution in [3.63, 3.8) is 0 Å². The predicted molar refractivity (Wildman–Crippen MR) is 176 cm³/mol. The van der Waals surface area contributed by atoms with Crippen LogP contribution in [-0.2, 0) is 16.0 Å². The summed E-state index contributed by atoms with van der Waals surface area (Å²) in [5.41, 5.74) is 2.69. The molecule has 0 aliphatic rings. The Morgan fingerprint density at radius 3 is 2.27 bits per heavy atom. The number of nitrogens with zero attached hydrogens (tertiary/aromatic N) is 2. The second-order valence-corrected chi connectivity index (χ2v) is 12.5. The van der Waals surface area contributed by atoms with E-state index in [-0.39, 0.29) is 29.5 Å². The molecule has 3 aromatic carbocycles. The molecule has 11 nitrogen and oxygen atoms in total. The summed E-state index contributed by atoms with van der Waals surface area (Å²) in [6.07, 6.45) is -0.760. The van der Waals surface area contributed by atoms with E-state index in [1.807, 2.05) is 24.3 Å². The number of carboxylic acids is 1. The molecule has 12 heteroatoms. The number of hydrogen-bond acceptors (Lipinski definition) is 8.